The van der Waals surface area contributed by atoms with Gasteiger partial charge >= 0.3 is 12.1 Å². The van der Waals surface area contributed by atoms with Crippen molar-refractivity contribution in [3.8, 4) is 11.1 Å². The van der Waals surface area contributed by atoms with Gasteiger partial charge < -0.3 is 10.1 Å². The highest BCUT2D eigenvalue weighted by Crippen LogP contribution is 2.37. The summed E-state index contributed by atoms with van der Waals surface area (Å²) in [5.41, 5.74) is 4.59. The first-order valence-corrected chi connectivity index (χ1v) is 11.2. The summed E-state index contributed by atoms with van der Waals surface area (Å²) in [6, 6.07) is 24.4. The number of Topliss-reactive ketones (excluding diaryl/α,β-unsaturated/α-hetero) is 1. The molecule has 36 heavy (non-hydrogen) atoms. The number of benzene rings is 4. The zero-order valence-electron chi connectivity index (χ0n) is 18.9. The van der Waals surface area contributed by atoms with E-state index in [2.05, 4.69) is 11.4 Å². The van der Waals surface area contributed by atoms with Gasteiger partial charge in [-0.3, -0.25) is 4.79 Å². The number of hydrogen-bond acceptors (Lipinski definition) is 4. The van der Waals surface area contributed by atoms with E-state index in [0.29, 0.717) is 5.56 Å². The number of esters is 1. The minimum atomic E-state index is -4.49. The molecule has 180 valence electrons. The van der Waals surface area contributed by atoms with Crippen LogP contribution in [-0.2, 0) is 17.3 Å². The van der Waals surface area contributed by atoms with Crippen LogP contribution in [0.3, 0.4) is 0 Å². The quantitative estimate of drug-likeness (QED) is 0.206. The molecule has 0 aromatic heterocycles. The van der Waals surface area contributed by atoms with E-state index in [1.54, 1.807) is 24.3 Å². The van der Waals surface area contributed by atoms with Gasteiger partial charge in [0.2, 0.25) is 0 Å². The number of anilines is 2. The van der Waals surface area contributed by atoms with Crippen molar-refractivity contribution in [1.82, 2.24) is 0 Å². The molecule has 1 aliphatic rings. The molecule has 0 bridgehead atoms. The molecule has 0 fully saturated rings. The summed E-state index contributed by atoms with van der Waals surface area (Å²) >= 11 is 0. The molecule has 0 unspecified atom stereocenters. The van der Waals surface area contributed by atoms with Crippen LogP contribution in [0.2, 0.25) is 0 Å². The average molecular weight is 487 g/mol. The molecule has 0 spiro atoms. The van der Waals surface area contributed by atoms with E-state index >= 15 is 0 Å². The molecule has 1 N–H and O–H groups in total. The summed E-state index contributed by atoms with van der Waals surface area (Å²) in [5.74, 6) is -1.11. The molecule has 0 aliphatic heterocycles. The normalized spacial score (nSPS) is 12.0. The number of alkyl halides is 3. The molecule has 4 nitrogen and oxygen atoms in total. The second kappa shape index (κ2) is 9.34. The molecular weight excluding hydrogens is 467 g/mol. The molecule has 1 aliphatic carbocycles. The second-order valence-electron chi connectivity index (χ2n) is 8.45. The first-order valence-electron chi connectivity index (χ1n) is 11.2. The Labute approximate surface area is 205 Å². The molecule has 4 aromatic rings. The zero-order valence-corrected chi connectivity index (χ0v) is 18.9. The van der Waals surface area contributed by atoms with Gasteiger partial charge in [-0.15, -0.1) is 0 Å². The standard InChI is InChI=1S/C29H20F3NO3/c30-29(31,32)21-7-5-8-22(16-21)33-26-11-4-3-10-24(26)28(35)36-17-27(34)20-13-12-19-14-18-6-1-2-9-23(18)25(19)15-20/h1-13,15-16,33H,14,17H2. The summed E-state index contributed by atoms with van der Waals surface area (Å²) in [7, 11) is 0. The van der Waals surface area contributed by atoms with Crippen LogP contribution in [0.1, 0.15) is 37.4 Å². The summed E-state index contributed by atoms with van der Waals surface area (Å²) in [6.07, 6.45) is -3.68. The highest BCUT2D eigenvalue weighted by atomic mass is 19.4. The summed E-state index contributed by atoms with van der Waals surface area (Å²) in [4.78, 5) is 25.6. The molecule has 5 rings (SSSR count). The highest BCUT2D eigenvalue weighted by molar-refractivity contribution is 6.02. The van der Waals surface area contributed by atoms with Gasteiger partial charge in [0.25, 0.3) is 0 Å². The van der Waals surface area contributed by atoms with E-state index in [9.17, 15) is 22.8 Å². The van der Waals surface area contributed by atoms with Crippen molar-refractivity contribution in [2.75, 3.05) is 11.9 Å². The predicted octanol–water partition coefficient (Wildman–Crippen LogP) is 7.06. The number of halogens is 3. The van der Waals surface area contributed by atoms with Gasteiger partial charge in [-0.25, -0.2) is 4.79 Å². The molecule has 0 atom stereocenters. The van der Waals surface area contributed by atoms with Gasteiger partial charge in [-0.05, 0) is 65.1 Å². The van der Waals surface area contributed by atoms with E-state index < -0.39 is 24.3 Å². The van der Waals surface area contributed by atoms with E-state index in [-0.39, 0.29) is 22.7 Å². The third-order valence-electron chi connectivity index (χ3n) is 6.07. The van der Waals surface area contributed by atoms with Gasteiger partial charge in [-0.1, -0.05) is 54.6 Å². The van der Waals surface area contributed by atoms with E-state index in [0.717, 1.165) is 35.2 Å². The van der Waals surface area contributed by atoms with Crippen molar-refractivity contribution < 1.29 is 27.5 Å². The summed E-state index contributed by atoms with van der Waals surface area (Å²) in [6.45, 7) is -0.461. The fourth-order valence-electron chi connectivity index (χ4n) is 4.29. The molecule has 0 saturated carbocycles. The number of ketones is 1. The van der Waals surface area contributed by atoms with Crippen molar-refractivity contribution in [3.63, 3.8) is 0 Å². The lowest BCUT2D eigenvalue weighted by atomic mass is 10.0. The van der Waals surface area contributed by atoms with Crippen LogP contribution in [-0.4, -0.2) is 18.4 Å². The summed E-state index contributed by atoms with van der Waals surface area (Å²) < 4.78 is 44.4. The van der Waals surface area contributed by atoms with Crippen molar-refractivity contribution in [2.45, 2.75) is 12.6 Å². The Bertz CT molecular complexity index is 1480. The molecule has 0 heterocycles. The van der Waals surface area contributed by atoms with Crippen LogP contribution in [0.4, 0.5) is 24.5 Å². The Hall–Kier alpha value is -4.39. The Balaban J connectivity index is 1.29. The number of para-hydroxylation sites is 1. The number of carbonyl (C=O) groups excluding carboxylic acids is 2. The van der Waals surface area contributed by atoms with Crippen LogP contribution in [0.5, 0.6) is 0 Å². The Morgan fingerprint density at radius 3 is 2.39 bits per heavy atom. The Morgan fingerprint density at radius 2 is 1.56 bits per heavy atom. The number of fused-ring (bicyclic) bond motifs is 3. The van der Waals surface area contributed by atoms with E-state index in [1.807, 2.05) is 30.3 Å². The average Bonchev–Trinajstić information content (AvgIpc) is 3.25. The van der Waals surface area contributed by atoms with Gasteiger partial charge in [-0.2, -0.15) is 13.2 Å². The van der Waals surface area contributed by atoms with Crippen LogP contribution < -0.4 is 5.32 Å². The Kier molecular flexibility index (Phi) is 6.06. The zero-order chi connectivity index (χ0) is 25.3. The maximum atomic E-state index is 13.0. The maximum absolute atomic E-state index is 13.0. The lowest BCUT2D eigenvalue weighted by Crippen LogP contribution is -2.15. The molecule has 0 amide bonds. The second-order valence-corrected chi connectivity index (χ2v) is 8.45. The maximum Gasteiger partial charge on any atom is 0.416 e. The number of nitrogens with one attached hydrogen (secondary N) is 1. The number of carbonyl (C=O) groups is 2. The number of ether oxygens (including phenoxy) is 1. The number of rotatable bonds is 6. The minimum absolute atomic E-state index is 0.102. The van der Waals surface area contributed by atoms with Crippen molar-refractivity contribution in [2.24, 2.45) is 0 Å². The van der Waals surface area contributed by atoms with E-state index in [1.165, 1.54) is 23.8 Å². The highest BCUT2D eigenvalue weighted by Gasteiger charge is 2.30. The molecule has 0 saturated heterocycles. The molecular formula is C29H20F3NO3. The predicted molar refractivity (Wildman–Crippen MR) is 130 cm³/mol. The smallest absolute Gasteiger partial charge is 0.416 e. The van der Waals surface area contributed by atoms with Crippen LogP contribution in [0.15, 0.2) is 91.0 Å². The fourth-order valence-corrected chi connectivity index (χ4v) is 4.29. The van der Waals surface area contributed by atoms with Crippen LogP contribution in [0, 0.1) is 0 Å². The van der Waals surface area contributed by atoms with Crippen LogP contribution >= 0.6 is 0 Å². The molecule has 0 radical (unpaired) electrons. The topological polar surface area (TPSA) is 55.4 Å². The molecule has 4 aromatic carbocycles. The lowest BCUT2D eigenvalue weighted by Gasteiger charge is -2.13. The largest absolute Gasteiger partial charge is 0.454 e. The first kappa shape index (κ1) is 23.4. The van der Waals surface area contributed by atoms with Crippen molar-refractivity contribution in [3.05, 3.63) is 119 Å². The lowest BCUT2D eigenvalue weighted by molar-refractivity contribution is -0.137. The van der Waals surface area contributed by atoms with Gasteiger partial charge in [0, 0.05) is 11.3 Å². The molecule has 7 heteroatoms. The third-order valence-corrected chi connectivity index (χ3v) is 6.07. The number of hydrogen-bond donors (Lipinski definition) is 1. The Morgan fingerprint density at radius 1 is 0.806 bits per heavy atom. The van der Waals surface area contributed by atoms with Gasteiger partial charge in [0.1, 0.15) is 0 Å². The van der Waals surface area contributed by atoms with Crippen molar-refractivity contribution in [1.29, 1.82) is 0 Å². The van der Waals surface area contributed by atoms with E-state index in [4.69, 9.17) is 4.74 Å². The summed E-state index contributed by atoms with van der Waals surface area (Å²) in [5, 5.41) is 2.84. The SMILES string of the molecule is O=C(COC(=O)c1ccccc1Nc1cccc(C(F)(F)F)c1)c1ccc2c(c1)-c1ccccc1C2. The van der Waals surface area contributed by atoms with Crippen molar-refractivity contribution >= 4 is 23.1 Å². The third kappa shape index (κ3) is 4.73. The fraction of sp³-hybridized carbons (Fsp3) is 0.103. The first-order chi connectivity index (χ1) is 17.3. The van der Waals surface area contributed by atoms with Gasteiger partial charge in [0.05, 0.1) is 16.8 Å². The minimum Gasteiger partial charge on any atom is -0.454 e. The van der Waals surface area contributed by atoms with Gasteiger partial charge in [0.15, 0.2) is 12.4 Å². The van der Waals surface area contributed by atoms with Crippen LogP contribution in [0.25, 0.3) is 11.1 Å². The monoisotopic (exact) mass is 487 g/mol.